The number of amides is 2. The number of hydrogen-bond acceptors (Lipinski definition) is 4. The Kier molecular flexibility index (Phi) is 5.36. The van der Waals surface area contributed by atoms with E-state index in [1.165, 1.54) is 4.90 Å². The van der Waals surface area contributed by atoms with E-state index in [1.807, 2.05) is 0 Å². The molecule has 2 amide bonds. The molecule has 0 radical (unpaired) electrons. The van der Waals surface area contributed by atoms with Gasteiger partial charge in [0.1, 0.15) is 0 Å². The number of nitrogens with one attached hydrogen (secondary N) is 1. The molecule has 2 aliphatic heterocycles. The minimum Gasteiger partial charge on any atom is -0.315 e. The topological polar surface area (TPSA) is 52.7 Å². The lowest BCUT2D eigenvalue weighted by Crippen LogP contribution is -2.41. The molecule has 2 aliphatic rings. The first kappa shape index (κ1) is 14.4. The minimum absolute atomic E-state index is 0. The third kappa shape index (κ3) is 3.40. The van der Waals surface area contributed by atoms with E-state index in [0.29, 0.717) is 25.4 Å². The molecule has 1 unspecified atom stereocenters. The number of carbonyl (C=O) groups is 2. The van der Waals surface area contributed by atoms with E-state index in [1.54, 1.807) is 0 Å². The molecule has 98 valence electrons. The molecule has 1 N–H and O–H groups in total. The zero-order valence-corrected chi connectivity index (χ0v) is 11.0. The summed E-state index contributed by atoms with van der Waals surface area (Å²) in [5, 5.41) is 3.31. The molecule has 2 rings (SSSR count). The molecule has 5 nitrogen and oxygen atoms in total. The van der Waals surface area contributed by atoms with E-state index in [0.717, 1.165) is 26.1 Å². The van der Waals surface area contributed by atoms with Crippen LogP contribution in [0.5, 0.6) is 0 Å². The summed E-state index contributed by atoms with van der Waals surface area (Å²) in [4.78, 5) is 26.4. The van der Waals surface area contributed by atoms with Crippen LogP contribution in [0, 0.1) is 0 Å². The van der Waals surface area contributed by atoms with Crippen LogP contribution in [0.4, 0.5) is 0 Å². The Morgan fingerprint density at radius 1 is 1.35 bits per heavy atom. The number of likely N-dealkylation sites (tertiary alicyclic amines) is 1. The van der Waals surface area contributed by atoms with Crippen molar-refractivity contribution in [3.05, 3.63) is 0 Å². The second-order valence-corrected chi connectivity index (χ2v) is 4.57. The quantitative estimate of drug-likeness (QED) is 0.716. The Labute approximate surface area is 108 Å². The van der Waals surface area contributed by atoms with Crippen molar-refractivity contribution in [1.82, 2.24) is 15.1 Å². The molecule has 0 aromatic carbocycles. The van der Waals surface area contributed by atoms with Crippen molar-refractivity contribution < 1.29 is 9.59 Å². The highest BCUT2D eigenvalue weighted by Crippen LogP contribution is 2.12. The fraction of sp³-hybridized carbons (Fsp3) is 0.818. The summed E-state index contributed by atoms with van der Waals surface area (Å²) in [6.07, 6.45) is 1.94. The number of carbonyl (C=O) groups excluding carboxylic acids is 2. The Bertz CT molecular complexity index is 276. The standard InChI is InChI=1S/C11H19N3O2.ClH/c1-13(9-4-5-12-8-9)6-7-14-10(15)2-3-11(14)16;/h9,12H,2-8H2,1H3;1H. The van der Waals surface area contributed by atoms with Crippen molar-refractivity contribution in [3.8, 4) is 0 Å². The van der Waals surface area contributed by atoms with Crippen molar-refractivity contribution in [3.63, 3.8) is 0 Å². The molecular weight excluding hydrogens is 242 g/mol. The minimum atomic E-state index is -0.0112. The Morgan fingerprint density at radius 3 is 2.53 bits per heavy atom. The zero-order chi connectivity index (χ0) is 11.5. The van der Waals surface area contributed by atoms with E-state index >= 15 is 0 Å². The molecule has 17 heavy (non-hydrogen) atoms. The first-order valence-corrected chi connectivity index (χ1v) is 5.92. The van der Waals surface area contributed by atoms with Gasteiger partial charge in [-0.1, -0.05) is 0 Å². The van der Waals surface area contributed by atoms with Gasteiger partial charge in [0.2, 0.25) is 11.8 Å². The average molecular weight is 262 g/mol. The van der Waals surface area contributed by atoms with Crippen LogP contribution in [0.3, 0.4) is 0 Å². The van der Waals surface area contributed by atoms with Crippen LogP contribution >= 0.6 is 12.4 Å². The third-order valence-corrected chi connectivity index (χ3v) is 3.49. The number of rotatable bonds is 4. The maximum absolute atomic E-state index is 11.4. The number of likely N-dealkylation sites (N-methyl/N-ethyl adjacent to an activating group) is 1. The number of nitrogens with zero attached hydrogens (tertiary/aromatic N) is 2. The van der Waals surface area contributed by atoms with Crippen molar-refractivity contribution in [2.75, 3.05) is 33.2 Å². The van der Waals surface area contributed by atoms with E-state index in [2.05, 4.69) is 17.3 Å². The smallest absolute Gasteiger partial charge is 0.229 e. The first-order chi connectivity index (χ1) is 7.68. The van der Waals surface area contributed by atoms with Gasteiger partial charge in [0.25, 0.3) is 0 Å². The van der Waals surface area contributed by atoms with E-state index < -0.39 is 0 Å². The van der Waals surface area contributed by atoms with Crippen LogP contribution in [-0.2, 0) is 9.59 Å². The highest BCUT2D eigenvalue weighted by atomic mass is 35.5. The van der Waals surface area contributed by atoms with Crippen LogP contribution in [0.1, 0.15) is 19.3 Å². The van der Waals surface area contributed by atoms with Gasteiger partial charge in [-0.3, -0.25) is 14.5 Å². The molecule has 0 aromatic heterocycles. The van der Waals surface area contributed by atoms with Crippen LogP contribution in [0.25, 0.3) is 0 Å². The fourth-order valence-electron chi connectivity index (χ4n) is 2.33. The van der Waals surface area contributed by atoms with Gasteiger partial charge in [-0.15, -0.1) is 12.4 Å². The Balaban J connectivity index is 0.00000144. The number of halogens is 1. The maximum Gasteiger partial charge on any atom is 0.229 e. The van der Waals surface area contributed by atoms with Gasteiger partial charge in [-0.05, 0) is 20.0 Å². The largest absolute Gasteiger partial charge is 0.315 e. The molecule has 0 aromatic rings. The highest BCUT2D eigenvalue weighted by molar-refractivity contribution is 6.01. The summed E-state index contributed by atoms with van der Waals surface area (Å²) in [6.45, 7) is 3.41. The molecule has 0 saturated carbocycles. The van der Waals surface area contributed by atoms with Crippen molar-refractivity contribution in [2.45, 2.75) is 25.3 Å². The number of imide groups is 1. The Hall–Kier alpha value is -0.650. The van der Waals surface area contributed by atoms with Gasteiger partial charge in [-0.25, -0.2) is 0 Å². The van der Waals surface area contributed by atoms with Gasteiger partial charge in [-0.2, -0.15) is 0 Å². The molecule has 6 heteroatoms. The summed E-state index contributed by atoms with van der Waals surface area (Å²) in [5.41, 5.74) is 0. The zero-order valence-electron chi connectivity index (χ0n) is 10.1. The molecule has 2 heterocycles. The van der Waals surface area contributed by atoms with Crippen molar-refractivity contribution in [2.24, 2.45) is 0 Å². The molecule has 0 bridgehead atoms. The van der Waals surface area contributed by atoms with Gasteiger partial charge >= 0.3 is 0 Å². The lowest BCUT2D eigenvalue weighted by atomic mass is 10.2. The van der Waals surface area contributed by atoms with Gasteiger partial charge < -0.3 is 10.2 Å². The average Bonchev–Trinajstić information content (AvgIpc) is 2.87. The lowest BCUT2D eigenvalue weighted by molar-refractivity contribution is -0.138. The van der Waals surface area contributed by atoms with E-state index in [4.69, 9.17) is 0 Å². The molecule has 2 fully saturated rings. The molecule has 1 atom stereocenters. The summed E-state index contributed by atoms with van der Waals surface area (Å²) in [6, 6.07) is 0.549. The summed E-state index contributed by atoms with van der Waals surface area (Å²) >= 11 is 0. The molecule has 0 spiro atoms. The van der Waals surface area contributed by atoms with Gasteiger partial charge in [0, 0.05) is 38.5 Å². The highest BCUT2D eigenvalue weighted by Gasteiger charge is 2.29. The van der Waals surface area contributed by atoms with Gasteiger partial charge in [0.15, 0.2) is 0 Å². The van der Waals surface area contributed by atoms with Gasteiger partial charge in [0.05, 0.1) is 0 Å². The summed E-state index contributed by atoms with van der Waals surface area (Å²) in [5.74, 6) is -0.0223. The normalized spacial score (nSPS) is 24.6. The molecule has 0 aliphatic carbocycles. The van der Waals surface area contributed by atoms with E-state index in [9.17, 15) is 9.59 Å². The molecule has 2 saturated heterocycles. The SMILES string of the molecule is CN(CCN1C(=O)CCC1=O)C1CCNC1.Cl. The van der Waals surface area contributed by atoms with Crippen LogP contribution in [-0.4, -0.2) is 60.9 Å². The van der Waals surface area contributed by atoms with Crippen LogP contribution < -0.4 is 5.32 Å². The van der Waals surface area contributed by atoms with Crippen molar-refractivity contribution >= 4 is 24.2 Å². The predicted molar refractivity (Wildman–Crippen MR) is 67.1 cm³/mol. The first-order valence-electron chi connectivity index (χ1n) is 5.92. The predicted octanol–water partition coefficient (Wildman–Crippen LogP) is -0.149. The monoisotopic (exact) mass is 261 g/mol. The summed E-state index contributed by atoms with van der Waals surface area (Å²) < 4.78 is 0. The number of hydrogen-bond donors (Lipinski definition) is 1. The van der Waals surface area contributed by atoms with Crippen LogP contribution in [0.2, 0.25) is 0 Å². The fourth-order valence-corrected chi connectivity index (χ4v) is 2.33. The summed E-state index contributed by atoms with van der Waals surface area (Å²) in [7, 11) is 2.06. The Morgan fingerprint density at radius 2 is 2.00 bits per heavy atom. The van der Waals surface area contributed by atoms with Crippen molar-refractivity contribution in [1.29, 1.82) is 0 Å². The second-order valence-electron chi connectivity index (χ2n) is 4.57. The van der Waals surface area contributed by atoms with E-state index in [-0.39, 0.29) is 24.2 Å². The molecular formula is C11H20ClN3O2. The van der Waals surface area contributed by atoms with Crippen LogP contribution in [0.15, 0.2) is 0 Å². The lowest BCUT2D eigenvalue weighted by Gasteiger charge is -2.25. The second kappa shape index (κ2) is 6.33. The third-order valence-electron chi connectivity index (χ3n) is 3.49. The maximum atomic E-state index is 11.4.